The molecule has 2 fully saturated rings. The normalized spacial score (nSPS) is 22.7. The smallest absolute Gasteiger partial charge is 0.251 e. The molecule has 2 aromatic carbocycles. The van der Waals surface area contributed by atoms with Gasteiger partial charge in [0.05, 0.1) is 31.0 Å². The Kier molecular flexibility index (Phi) is 6.75. The van der Waals surface area contributed by atoms with Crippen molar-refractivity contribution in [2.24, 2.45) is 0 Å². The Morgan fingerprint density at radius 3 is 2.06 bits per heavy atom. The molecule has 4 atom stereocenters. The number of nitrogens with one attached hydrogen (secondary N) is 2. The highest BCUT2D eigenvalue weighted by Gasteiger charge is 2.48. The van der Waals surface area contributed by atoms with Crippen LogP contribution < -0.4 is 20.4 Å². The molecule has 2 saturated heterocycles. The largest absolute Gasteiger partial charge is 0.378 e. The first kappa shape index (κ1) is 24.0. The number of amides is 1. The van der Waals surface area contributed by atoms with Crippen LogP contribution in [0.15, 0.2) is 60.8 Å². The summed E-state index contributed by atoms with van der Waals surface area (Å²) in [7, 11) is 7.97. The van der Waals surface area contributed by atoms with Crippen LogP contribution >= 0.6 is 0 Å². The zero-order chi connectivity index (χ0) is 25.2. The van der Waals surface area contributed by atoms with Gasteiger partial charge in [-0.1, -0.05) is 12.1 Å². The Bertz CT molecular complexity index is 1200. The van der Waals surface area contributed by atoms with Crippen LogP contribution in [0.1, 0.15) is 10.4 Å². The number of carbonyl (C=O) groups excluding carboxylic acids is 1. The van der Waals surface area contributed by atoms with Crippen molar-refractivity contribution in [3.8, 4) is 11.3 Å². The van der Waals surface area contributed by atoms with Gasteiger partial charge in [0.1, 0.15) is 12.2 Å². The van der Waals surface area contributed by atoms with E-state index in [0.29, 0.717) is 24.7 Å². The lowest BCUT2D eigenvalue weighted by atomic mass is 10.1. The van der Waals surface area contributed by atoms with Crippen molar-refractivity contribution in [2.75, 3.05) is 56.5 Å². The molecule has 0 bridgehead atoms. The summed E-state index contributed by atoms with van der Waals surface area (Å²) in [5.74, 6) is 0.390. The fourth-order valence-electron chi connectivity index (χ4n) is 4.59. The van der Waals surface area contributed by atoms with E-state index < -0.39 is 0 Å². The van der Waals surface area contributed by atoms with Crippen molar-refractivity contribution in [1.29, 1.82) is 0 Å². The summed E-state index contributed by atoms with van der Waals surface area (Å²) in [5.41, 5.74) is 4.64. The van der Waals surface area contributed by atoms with Crippen molar-refractivity contribution in [3.63, 3.8) is 0 Å². The second kappa shape index (κ2) is 10.1. The number of anilines is 3. The fourth-order valence-corrected chi connectivity index (χ4v) is 4.59. The summed E-state index contributed by atoms with van der Waals surface area (Å²) < 4.78 is 12.1. The van der Waals surface area contributed by atoms with Crippen LogP contribution in [0.5, 0.6) is 0 Å². The lowest BCUT2D eigenvalue weighted by molar-refractivity contribution is 0.0652. The Hall–Kier alpha value is -3.69. The first-order chi connectivity index (χ1) is 17.4. The third-order valence-electron chi connectivity index (χ3n) is 6.67. The quantitative estimate of drug-likeness (QED) is 0.525. The predicted octanol–water partition coefficient (Wildman–Crippen LogP) is 2.65. The number of aromatic nitrogens is 2. The molecule has 0 unspecified atom stereocenters. The Morgan fingerprint density at radius 1 is 0.833 bits per heavy atom. The lowest BCUT2D eigenvalue weighted by Crippen LogP contribution is -2.44. The van der Waals surface area contributed by atoms with E-state index in [0.717, 1.165) is 22.6 Å². The van der Waals surface area contributed by atoms with E-state index in [1.807, 2.05) is 63.4 Å². The van der Waals surface area contributed by atoms with Crippen molar-refractivity contribution in [2.45, 2.75) is 24.3 Å². The van der Waals surface area contributed by atoms with Crippen LogP contribution in [0.2, 0.25) is 0 Å². The van der Waals surface area contributed by atoms with Gasteiger partial charge >= 0.3 is 0 Å². The highest BCUT2D eigenvalue weighted by molar-refractivity contribution is 5.94. The number of nitrogens with zero attached hydrogens (tertiary/aromatic N) is 4. The number of fused-ring (bicyclic) bond motifs is 1. The maximum Gasteiger partial charge on any atom is 0.251 e. The van der Waals surface area contributed by atoms with Crippen molar-refractivity contribution in [3.05, 3.63) is 66.4 Å². The average Bonchev–Trinajstić information content (AvgIpc) is 3.47. The minimum Gasteiger partial charge on any atom is -0.378 e. The van der Waals surface area contributed by atoms with Crippen LogP contribution in [0, 0.1) is 0 Å². The van der Waals surface area contributed by atoms with Crippen LogP contribution in [-0.2, 0) is 9.47 Å². The molecule has 5 rings (SSSR count). The topological polar surface area (TPSA) is 91.9 Å². The van der Waals surface area contributed by atoms with Crippen molar-refractivity contribution in [1.82, 2.24) is 15.3 Å². The SMILES string of the molecule is CN(C)c1ccc(C(=O)N[C@H]2CO[C@H]3[C@@H]2OC[C@@H]3Nc2nccc(-c3ccc(N(C)C)cc3)n2)cc1. The summed E-state index contributed by atoms with van der Waals surface area (Å²) >= 11 is 0. The van der Waals surface area contributed by atoms with Crippen LogP contribution in [0.25, 0.3) is 11.3 Å². The molecule has 2 aliphatic rings. The molecular formula is C27H32N6O3. The molecule has 0 radical (unpaired) electrons. The van der Waals surface area contributed by atoms with Crippen molar-refractivity contribution < 1.29 is 14.3 Å². The maximum absolute atomic E-state index is 12.8. The number of carbonyl (C=O) groups is 1. The van der Waals surface area contributed by atoms with E-state index >= 15 is 0 Å². The number of ether oxygens (including phenoxy) is 2. The lowest BCUT2D eigenvalue weighted by Gasteiger charge is -2.19. The van der Waals surface area contributed by atoms with Gasteiger partial charge in [0.2, 0.25) is 5.95 Å². The van der Waals surface area contributed by atoms with E-state index in [9.17, 15) is 4.79 Å². The minimum absolute atomic E-state index is 0.109. The zero-order valence-corrected chi connectivity index (χ0v) is 21.0. The van der Waals surface area contributed by atoms with Crippen LogP contribution in [0.4, 0.5) is 17.3 Å². The van der Waals surface area contributed by atoms with E-state index in [1.54, 1.807) is 6.20 Å². The molecule has 1 aromatic heterocycles. The molecule has 0 saturated carbocycles. The Morgan fingerprint density at radius 2 is 1.42 bits per heavy atom. The first-order valence-electron chi connectivity index (χ1n) is 12.1. The second-order valence-electron chi connectivity index (χ2n) is 9.57. The zero-order valence-electron chi connectivity index (χ0n) is 21.0. The van der Waals surface area contributed by atoms with Crippen molar-refractivity contribution >= 4 is 23.2 Å². The van der Waals surface area contributed by atoms with E-state index in [1.165, 1.54) is 0 Å². The standard InChI is InChI=1S/C27H32N6O3/c1-32(2)19-9-5-17(6-10-19)21-13-14-28-27(30-21)31-23-16-36-24-22(15-35-25(23)24)29-26(34)18-7-11-20(12-8-18)33(3)4/h5-14,22-25H,15-16H2,1-4H3,(H,29,34)(H,28,30,31)/t22-,23-,24+,25+/m0/s1. The highest BCUT2D eigenvalue weighted by Crippen LogP contribution is 2.29. The minimum atomic E-state index is -0.228. The molecule has 2 N–H and O–H groups in total. The molecule has 188 valence electrons. The number of hydrogen-bond acceptors (Lipinski definition) is 8. The van der Waals surface area contributed by atoms with Crippen LogP contribution in [0.3, 0.4) is 0 Å². The first-order valence-corrected chi connectivity index (χ1v) is 12.1. The van der Waals surface area contributed by atoms with Gasteiger partial charge < -0.3 is 29.9 Å². The molecule has 0 spiro atoms. The maximum atomic E-state index is 12.8. The number of benzene rings is 2. The van der Waals surface area contributed by atoms with Gasteiger partial charge in [-0.25, -0.2) is 9.97 Å². The number of hydrogen-bond donors (Lipinski definition) is 2. The van der Waals surface area contributed by atoms with Gasteiger partial charge in [0.25, 0.3) is 5.91 Å². The van der Waals surface area contributed by atoms with Gasteiger partial charge in [0, 0.05) is 56.9 Å². The van der Waals surface area contributed by atoms with E-state index in [-0.39, 0.29) is 30.2 Å². The molecule has 1 amide bonds. The molecule has 2 aliphatic heterocycles. The monoisotopic (exact) mass is 488 g/mol. The fraction of sp³-hybridized carbons (Fsp3) is 0.370. The molecule has 3 aromatic rings. The molecule has 9 nitrogen and oxygen atoms in total. The average molecular weight is 489 g/mol. The molecule has 3 heterocycles. The highest BCUT2D eigenvalue weighted by atomic mass is 16.6. The van der Waals surface area contributed by atoms with E-state index in [4.69, 9.17) is 14.5 Å². The summed E-state index contributed by atoms with van der Waals surface area (Å²) in [4.78, 5) is 26.0. The number of rotatable bonds is 7. The van der Waals surface area contributed by atoms with Crippen LogP contribution in [-0.4, -0.2) is 81.6 Å². The van der Waals surface area contributed by atoms with Gasteiger partial charge in [-0.2, -0.15) is 0 Å². The van der Waals surface area contributed by atoms with Gasteiger partial charge in [-0.05, 0) is 42.5 Å². The summed E-state index contributed by atoms with van der Waals surface area (Å²) in [6.45, 7) is 0.846. The third-order valence-corrected chi connectivity index (χ3v) is 6.67. The van der Waals surface area contributed by atoms with Gasteiger partial charge in [-0.3, -0.25) is 4.79 Å². The summed E-state index contributed by atoms with van der Waals surface area (Å²) in [5, 5.41) is 6.45. The predicted molar refractivity (Wildman–Crippen MR) is 141 cm³/mol. The molecule has 36 heavy (non-hydrogen) atoms. The third kappa shape index (κ3) is 4.98. The van der Waals surface area contributed by atoms with E-state index in [2.05, 4.69) is 44.8 Å². The van der Waals surface area contributed by atoms with Gasteiger partial charge in [-0.15, -0.1) is 0 Å². The molecule has 9 heteroatoms. The summed E-state index contributed by atoms with van der Waals surface area (Å²) in [6, 6.07) is 17.3. The Labute approximate surface area is 211 Å². The molecule has 0 aliphatic carbocycles. The molecular weight excluding hydrogens is 456 g/mol. The summed E-state index contributed by atoms with van der Waals surface area (Å²) in [6.07, 6.45) is 1.32. The Balaban J connectivity index is 1.21. The second-order valence-corrected chi connectivity index (χ2v) is 9.57. The van der Waals surface area contributed by atoms with Gasteiger partial charge in [0.15, 0.2) is 0 Å².